The zero-order valence-corrected chi connectivity index (χ0v) is 12.4. The van der Waals surface area contributed by atoms with Crippen LogP contribution >= 0.6 is 0 Å². The molecule has 0 radical (unpaired) electrons. The molecule has 2 aliphatic heterocycles. The maximum absolute atomic E-state index is 12.1. The van der Waals surface area contributed by atoms with Crippen LogP contribution in [0.4, 0.5) is 0 Å². The first kappa shape index (κ1) is 15.7. The van der Waals surface area contributed by atoms with E-state index in [1.54, 1.807) is 11.9 Å². The van der Waals surface area contributed by atoms with Crippen LogP contribution < -0.4 is 5.32 Å². The first-order chi connectivity index (χ1) is 9.90. The maximum Gasteiger partial charge on any atom is 0.260 e. The predicted octanol–water partition coefficient (Wildman–Crippen LogP) is -1.84. The zero-order chi connectivity index (χ0) is 15.6. The molecule has 8 nitrogen and oxygen atoms in total. The SMILES string of the molecule is CC(=O)N1CCCN1C(=O)CNC(=O)C1CC(O)CN1C. The van der Waals surface area contributed by atoms with Crippen LogP contribution in [0.25, 0.3) is 0 Å². The first-order valence-electron chi connectivity index (χ1n) is 7.14. The highest BCUT2D eigenvalue weighted by atomic mass is 16.3. The molecule has 0 aromatic heterocycles. The van der Waals surface area contributed by atoms with Gasteiger partial charge >= 0.3 is 0 Å². The van der Waals surface area contributed by atoms with E-state index in [1.165, 1.54) is 16.9 Å². The van der Waals surface area contributed by atoms with Gasteiger partial charge in [0.05, 0.1) is 18.7 Å². The highest BCUT2D eigenvalue weighted by molar-refractivity contribution is 5.88. The Labute approximate surface area is 123 Å². The van der Waals surface area contributed by atoms with Gasteiger partial charge in [0.15, 0.2) is 0 Å². The number of amides is 3. The fraction of sp³-hybridized carbons (Fsp3) is 0.769. The molecule has 0 saturated carbocycles. The van der Waals surface area contributed by atoms with E-state index in [4.69, 9.17) is 0 Å². The summed E-state index contributed by atoms with van der Waals surface area (Å²) in [4.78, 5) is 37.3. The molecule has 21 heavy (non-hydrogen) atoms. The first-order valence-corrected chi connectivity index (χ1v) is 7.14. The smallest absolute Gasteiger partial charge is 0.260 e. The molecule has 2 heterocycles. The zero-order valence-electron chi connectivity index (χ0n) is 12.4. The minimum Gasteiger partial charge on any atom is -0.392 e. The molecule has 2 fully saturated rings. The molecule has 2 aliphatic rings. The summed E-state index contributed by atoms with van der Waals surface area (Å²) in [6.07, 6.45) is 0.615. The number of hydrazine groups is 1. The average Bonchev–Trinajstić information content (AvgIpc) is 3.02. The second kappa shape index (κ2) is 6.40. The maximum atomic E-state index is 12.1. The molecular formula is C13H22N4O4. The Hall–Kier alpha value is -1.67. The Balaban J connectivity index is 1.84. The predicted molar refractivity (Wildman–Crippen MR) is 73.8 cm³/mol. The Morgan fingerprint density at radius 2 is 1.90 bits per heavy atom. The standard InChI is InChI=1S/C13H22N4O4/c1-9(18)16-4-3-5-17(16)12(20)7-14-13(21)11-6-10(19)8-15(11)2/h10-11,19H,3-8H2,1-2H3,(H,14,21). The van der Waals surface area contributed by atoms with Crippen LogP contribution in [0, 0.1) is 0 Å². The van der Waals surface area contributed by atoms with Crippen molar-refractivity contribution < 1.29 is 19.5 Å². The third-order valence-electron chi connectivity index (χ3n) is 3.93. The van der Waals surface area contributed by atoms with Crippen LogP contribution in [0.3, 0.4) is 0 Å². The number of nitrogens with zero attached hydrogens (tertiary/aromatic N) is 3. The summed E-state index contributed by atoms with van der Waals surface area (Å²) in [5.74, 6) is -0.737. The number of likely N-dealkylation sites (N-methyl/N-ethyl adjacent to an activating group) is 1. The van der Waals surface area contributed by atoms with Crippen molar-refractivity contribution in [3.8, 4) is 0 Å². The molecule has 118 valence electrons. The third kappa shape index (κ3) is 3.51. The Morgan fingerprint density at radius 3 is 2.48 bits per heavy atom. The second-order valence-electron chi connectivity index (χ2n) is 5.58. The van der Waals surface area contributed by atoms with E-state index in [1.807, 2.05) is 0 Å². The largest absolute Gasteiger partial charge is 0.392 e. The van der Waals surface area contributed by atoms with Gasteiger partial charge < -0.3 is 10.4 Å². The van der Waals surface area contributed by atoms with Gasteiger partial charge in [-0.25, -0.2) is 5.01 Å². The van der Waals surface area contributed by atoms with E-state index in [0.29, 0.717) is 26.1 Å². The number of hydrogen-bond donors (Lipinski definition) is 2. The van der Waals surface area contributed by atoms with Crippen molar-refractivity contribution >= 4 is 17.7 Å². The van der Waals surface area contributed by atoms with Gasteiger partial charge in [-0.3, -0.25) is 24.3 Å². The number of carbonyl (C=O) groups is 3. The van der Waals surface area contributed by atoms with Crippen molar-refractivity contribution in [3.63, 3.8) is 0 Å². The van der Waals surface area contributed by atoms with Crippen LogP contribution in [0.2, 0.25) is 0 Å². The van der Waals surface area contributed by atoms with Gasteiger partial charge in [-0.2, -0.15) is 0 Å². The quantitative estimate of drug-likeness (QED) is 0.639. The molecule has 2 atom stereocenters. The lowest BCUT2D eigenvalue weighted by atomic mass is 10.2. The van der Waals surface area contributed by atoms with E-state index in [0.717, 1.165) is 6.42 Å². The minimum atomic E-state index is -0.506. The fourth-order valence-electron chi connectivity index (χ4n) is 2.85. The molecule has 0 spiro atoms. The van der Waals surface area contributed by atoms with Crippen LogP contribution in [-0.2, 0) is 14.4 Å². The van der Waals surface area contributed by atoms with Gasteiger partial charge in [-0.05, 0) is 19.9 Å². The molecule has 2 saturated heterocycles. The van der Waals surface area contributed by atoms with Crippen molar-refractivity contribution in [2.75, 3.05) is 33.2 Å². The van der Waals surface area contributed by atoms with Crippen LogP contribution in [0.1, 0.15) is 19.8 Å². The van der Waals surface area contributed by atoms with Gasteiger partial charge in [-0.1, -0.05) is 0 Å². The van der Waals surface area contributed by atoms with Crippen molar-refractivity contribution in [3.05, 3.63) is 0 Å². The normalized spacial score (nSPS) is 26.2. The molecule has 0 aliphatic carbocycles. The number of rotatable bonds is 3. The fourth-order valence-corrected chi connectivity index (χ4v) is 2.85. The van der Waals surface area contributed by atoms with Gasteiger partial charge in [0.25, 0.3) is 5.91 Å². The van der Waals surface area contributed by atoms with Gasteiger partial charge in [-0.15, -0.1) is 0 Å². The molecule has 2 unspecified atom stereocenters. The monoisotopic (exact) mass is 298 g/mol. The van der Waals surface area contributed by atoms with E-state index >= 15 is 0 Å². The van der Waals surface area contributed by atoms with Gasteiger partial charge in [0.1, 0.15) is 0 Å². The minimum absolute atomic E-state index is 0.136. The third-order valence-corrected chi connectivity index (χ3v) is 3.93. The summed E-state index contributed by atoms with van der Waals surface area (Å²) < 4.78 is 0. The van der Waals surface area contributed by atoms with Crippen molar-refractivity contribution in [2.45, 2.75) is 31.9 Å². The molecule has 0 aromatic carbocycles. The summed E-state index contributed by atoms with van der Waals surface area (Å²) >= 11 is 0. The van der Waals surface area contributed by atoms with Gasteiger partial charge in [0.2, 0.25) is 11.8 Å². The van der Waals surface area contributed by atoms with E-state index in [2.05, 4.69) is 5.32 Å². The lowest BCUT2D eigenvalue weighted by molar-refractivity contribution is -0.156. The van der Waals surface area contributed by atoms with Crippen molar-refractivity contribution in [1.29, 1.82) is 0 Å². The summed E-state index contributed by atoms with van der Waals surface area (Å²) in [7, 11) is 1.76. The van der Waals surface area contributed by atoms with Crippen LogP contribution in [0.15, 0.2) is 0 Å². The Kier molecular flexibility index (Phi) is 4.79. The van der Waals surface area contributed by atoms with Crippen LogP contribution in [0.5, 0.6) is 0 Å². The highest BCUT2D eigenvalue weighted by Crippen LogP contribution is 2.15. The number of aliphatic hydroxyl groups excluding tert-OH is 1. The molecular weight excluding hydrogens is 276 g/mol. The number of carbonyl (C=O) groups excluding carboxylic acids is 3. The lowest BCUT2D eigenvalue weighted by Crippen LogP contribution is -2.50. The summed E-state index contributed by atoms with van der Waals surface area (Å²) in [5.41, 5.74) is 0. The van der Waals surface area contributed by atoms with Crippen LogP contribution in [-0.4, -0.2) is 83.1 Å². The molecule has 8 heteroatoms. The molecule has 2 N–H and O–H groups in total. The summed E-state index contributed by atoms with van der Waals surface area (Å²) in [6.45, 7) is 2.77. The highest BCUT2D eigenvalue weighted by Gasteiger charge is 2.34. The van der Waals surface area contributed by atoms with Crippen molar-refractivity contribution in [1.82, 2.24) is 20.2 Å². The topological polar surface area (TPSA) is 93.2 Å². The van der Waals surface area contributed by atoms with Crippen molar-refractivity contribution in [2.24, 2.45) is 0 Å². The van der Waals surface area contributed by atoms with Gasteiger partial charge in [0, 0.05) is 26.6 Å². The van der Waals surface area contributed by atoms with E-state index in [9.17, 15) is 19.5 Å². The van der Waals surface area contributed by atoms with E-state index in [-0.39, 0.29) is 24.3 Å². The Bertz CT molecular complexity index is 442. The summed E-state index contributed by atoms with van der Waals surface area (Å²) in [6, 6.07) is -0.407. The molecule has 3 amide bonds. The number of β-amino-alcohol motifs (C(OH)–C–C–N with tert-alkyl or cyclic N) is 1. The lowest BCUT2D eigenvalue weighted by Gasteiger charge is -2.27. The molecule has 0 aromatic rings. The van der Waals surface area contributed by atoms with E-state index < -0.39 is 12.1 Å². The Morgan fingerprint density at radius 1 is 1.24 bits per heavy atom. The molecule has 2 rings (SSSR count). The average molecular weight is 298 g/mol. The number of likely N-dealkylation sites (tertiary alicyclic amines) is 1. The number of nitrogens with one attached hydrogen (secondary N) is 1. The second-order valence-corrected chi connectivity index (χ2v) is 5.58. The number of aliphatic hydroxyl groups is 1. The molecule has 0 bridgehead atoms. The number of hydrogen-bond acceptors (Lipinski definition) is 5. The summed E-state index contributed by atoms with van der Waals surface area (Å²) in [5, 5.41) is 14.9.